The molecule has 0 amide bonds. The largest absolute Gasteiger partial charge is 0.214 e. The summed E-state index contributed by atoms with van der Waals surface area (Å²) in [5.41, 5.74) is 5.84. The van der Waals surface area contributed by atoms with E-state index < -0.39 is 0 Å². The first-order chi connectivity index (χ1) is 11.8. The average molecular weight is 477 g/mol. The zero-order chi connectivity index (χ0) is 16.6. The van der Waals surface area contributed by atoms with Gasteiger partial charge in [0.15, 0.2) is 0 Å². The second-order valence-corrected chi connectivity index (χ2v) is 13.6. The zero-order valence-electron chi connectivity index (χ0n) is 14.7. The molecular weight excluding hydrogens is 454 g/mol. The number of hydrogen-bond donors (Lipinski definition) is 0. The average Bonchev–Trinajstić information content (AvgIpc) is 3.38. The van der Waals surface area contributed by atoms with Gasteiger partial charge in [-0.05, 0) is 6.42 Å². The minimum absolute atomic E-state index is 0. The molecule has 3 aromatic carbocycles. The molecule has 0 bridgehead atoms. The first-order valence-corrected chi connectivity index (χ1v) is 14.3. The molecule has 1 fully saturated rings. The summed E-state index contributed by atoms with van der Waals surface area (Å²) in [5, 5.41) is 0. The van der Waals surface area contributed by atoms with Crippen molar-refractivity contribution in [2.45, 2.75) is 31.4 Å². The summed E-state index contributed by atoms with van der Waals surface area (Å²) in [4.78, 5) is 0. The Kier molecular flexibility index (Phi) is 11.6. The Morgan fingerprint density at radius 1 is 0.846 bits per heavy atom. The summed E-state index contributed by atoms with van der Waals surface area (Å²) in [7, 11) is 0. The van der Waals surface area contributed by atoms with Crippen molar-refractivity contribution in [3.63, 3.8) is 0 Å². The van der Waals surface area contributed by atoms with Crippen LogP contribution in [0.4, 0.5) is 0 Å². The molecule has 0 spiro atoms. The fourth-order valence-electron chi connectivity index (χ4n) is 3.12. The maximum atomic E-state index is 3.30. The van der Waals surface area contributed by atoms with Gasteiger partial charge < -0.3 is 24.8 Å². The van der Waals surface area contributed by atoms with Gasteiger partial charge >= 0.3 is 53.7 Å². The molecule has 1 aliphatic heterocycles. The Labute approximate surface area is 185 Å². The van der Waals surface area contributed by atoms with Crippen molar-refractivity contribution < 1.29 is 48.1 Å². The van der Waals surface area contributed by atoms with E-state index in [0.717, 1.165) is 6.42 Å². The van der Waals surface area contributed by atoms with Crippen molar-refractivity contribution in [1.82, 2.24) is 0 Å². The summed E-state index contributed by atoms with van der Waals surface area (Å²) in [6, 6.07) is 31.4. The van der Waals surface area contributed by atoms with Crippen molar-refractivity contribution >= 4 is 5.43 Å². The van der Waals surface area contributed by atoms with Gasteiger partial charge in [-0.3, -0.25) is 0 Å². The van der Waals surface area contributed by atoms with Gasteiger partial charge in [-0.15, -0.1) is 5.56 Å². The van der Waals surface area contributed by atoms with E-state index in [1.54, 1.807) is 24.9 Å². The summed E-state index contributed by atoms with van der Waals surface area (Å²) in [6.07, 6.45) is 4.16. The molecule has 0 N–H and O–H groups in total. The van der Waals surface area contributed by atoms with Gasteiger partial charge in [0.25, 0.3) is 0 Å². The summed E-state index contributed by atoms with van der Waals surface area (Å²) in [6.45, 7) is 0. The molecule has 0 nitrogen and oxygen atoms in total. The van der Waals surface area contributed by atoms with Crippen molar-refractivity contribution in [3.8, 4) is 11.1 Å². The van der Waals surface area contributed by atoms with Crippen LogP contribution in [-0.2, 0) is 29.8 Å². The summed E-state index contributed by atoms with van der Waals surface area (Å²) >= 11 is 1.87. The number of fused-ring (bicyclic) bond motifs is 3. The molecule has 5 rings (SSSR count). The van der Waals surface area contributed by atoms with Gasteiger partial charge in [-0.2, -0.15) is 48.0 Å². The van der Waals surface area contributed by atoms with Crippen molar-refractivity contribution in [2.75, 3.05) is 0 Å². The van der Waals surface area contributed by atoms with Gasteiger partial charge in [0.05, 0.1) is 0 Å². The monoisotopic (exact) mass is 474 g/mol. The zero-order valence-corrected chi connectivity index (χ0v) is 19.7. The van der Waals surface area contributed by atoms with Crippen molar-refractivity contribution in [3.05, 3.63) is 90.0 Å². The number of hydrogen-bond acceptors (Lipinski definition) is 0. The van der Waals surface area contributed by atoms with E-state index in [-0.39, 0.29) is 24.8 Å². The molecule has 1 heterocycles. The number of rotatable bonds is 0. The Hall–Kier alpha value is -0.530. The predicted octanol–water partition coefficient (Wildman–Crippen LogP) is -0.210. The van der Waals surface area contributed by atoms with Crippen LogP contribution in [-0.4, -0.2) is 5.43 Å². The van der Waals surface area contributed by atoms with Gasteiger partial charge in [-0.25, -0.2) is 12.1 Å². The van der Waals surface area contributed by atoms with Gasteiger partial charge in [0.2, 0.25) is 0 Å². The van der Waals surface area contributed by atoms with Crippen LogP contribution in [0.15, 0.2) is 72.8 Å². The Morgan fingerprint density at radius 2 is 1.50 bits per heavy atom. The van der Waals surface area contributed by atoms with Crippen LogP contribution < -0.4 is 24.8 Å². The van der Waals surface area contributed by atoms with E-state index >= 15 is 0 Å². The summed E-state index contributed by atoms with van der Waals surface area (Å²) < 4.78 is 0. The standard InChI is InChI=1S/C13H9.C5H5.C4H8Si.2ClH.Zr/c1-3-7-12-10(5-1)9-11-6-2-4-8-13(11)12;2*1-2-4-5-3-1;;;/h1-5,7-8H,9H2;1-5H;1-4H2;2*1H;/q2*-1;;;;+2/p-2. The van der Waals surface area contributed by atoms with E-state index in [9.17, 15) is 0 Å². The maximum Gasteiger partial charge on any atom is -0.0253 e. The van der Waals surface area contributed by atoms with E-state index in [1.165, 1.54) is 22.3 Å². The van der Waals surface area contributed by atoms with E-state index in [2.05, 4.69) is 42.5 Å². The minimum atomic E-state index is 0. The van der Waals surface area contributed by atoms with Crippen LogP contribution in [0.25, 0.3) is 11.1 Å². The first-order valence-electron chi connectivity index (χ1n) is 8.65. The molecule has 1 aliphatic carbocycles. The van der Waals surface area contributed by atoms with Crippen molar-refractivity contribution in [1.29, 1.82) is 0 Å². The maximum absolute atomic E-state index is 3.30. The molecule has 0 atom stereocenters. The molecule has 0 aromatic heterocycles. The number of halogens is 2. The Morgan fingerprint density at radius 3 is 2.08 bits per heavy atom. The quantitative estimate of drug-likeness (QED) is 0.244. The van der Waals surface area contributed by atoms with Gasteiger partial charge in [0, 0.05) is 0 Å². The van der Waals surface area contributed by atoms with E-state index in [4.69, 9.17) is 0 Å². The SMILES string of the molecule is [Cl-].[Cl-].[Zr+2]=[Si]1CCCC1.[c-]1cccc2c1Cc1ccccc1-2.c1cc[cH-]c1. The fraction of sp³-hybridized carbons (Fsp3) is 0.227. The van der Waals surface area contributed by atoms with Crippen LogP contribution in [0.2, 0.25) is 12.1 Å². The molecule has 0 saturated carbocycles. The van der Waals surface area contributed by atoms with Crippen LogP contribution in [0.3, 0.4) is 0 Å². The van der Waals surface area contributed by atoms with Crippen molar-refractivity contribution in [2.24, 2.45) is 0 Å². The second-order valence-electron chi connectivity index (χ2n) is 6.17. The smallest absolute Gasteiger partial charge is 0.0253 e. The van der Waals surface area contributed by atoms with Crippen LogP contribution in [0.5, 0.6) is 0 Å². The Bertz CT molecular complexity index is 716. The van der Waals surface area contributed by atoms with Crippen LogP contribution in [0, 0.1) is 6.07 Å². The van der Waals surface area contributed by atoms with E-state index in [1.807, 2.05) is 59.7 Å². The molecule has 2 aliphatic rings. The van der Waals surface area contributed by atoms with Gasteiger partial charge in [0.1, 0.15) is 0 Å². The minimum Gasteiger partial charge on any atom is -0.214 e. The third-order valence-electron chi connectivity index (χ3n) is 4.38. The van der Waals surface area contributed by atoms with E-state index in [0.29, 0.717) is 5.43 Å². The predicted molar refractivity (Wildman–Crippen MR) is 100 cm³/mol. The van der Waals surface area contributed by atoms with Gasteiger partial charge in [-0.1, -0.05) is 35.4 Å². The Balaban J connectivity index is 0.000000220. The molecule has 134 valence electrons. The molecule has 3 aromatic rings. The fourth-order valence-corrected chi connectivity index (χ4v) is 7.33. The summed E-state index contributed by atoms with van der Waals surface area (Å²) in [5.74, 6) is 0. The normalized spacial score (nSPS) is 12.9. The van der Waals surface area contributed by atoms with Crippen LogP contribution >= 0.6 is 0 Å². The molecule has 26 heavy (non-hydrogen) atoms. The topological polar surface area (TPSA) is 0 Å². The molecule has 4 heteroatoms. The molecular formula is C22H22Cl2SiZr-2. The second kappa shape index (κ2) is 12.8. The third kappa shape index (κ3) is 6.89. The first kappa shape index (κ1) is 23.5. The molecule has 0 unspecified atom stereocenters. The number of benzene rings is 2. The molecule has 0 radical (unpaired) electrons. The molecule has 1 saturated heterocycles. The van der Waals surface area contributed by atoms with Crippen LogP contribution in [0.1, 0.15) is 24.0 Å². The third-order valence-corrected chi connectivity index (χ3v) is 9.98.